The van der Waals surface area contributed by atoms with Crippen molar-refractivity contribution in [1.82, 2.24) is 0 Å². The van der Waals surface area contributed by atoms with E-state index in [1.54, 1.807) is 0 Å². The van der Waals surface area contributed by atoms with E-state index in [1.807, 2.05) is 0 Å². The van der Waals surface area contributed by atoms with E-state index < -0.39 is 9.04 Å². The summed E-state index contributed by atoms with van der Waals surface area (Å²) in [4.78, 5) is 0. The van der Waals surface area contributed by atoms with Crippen LogP contribution in [-0.2, 0) is 4.43 Å². The summed E-state index contributed by atoms with van der Waals surface area (Å²) < 4.78 is 5.72. The summed E-state index contributed by atoms with van der Waals surface area (Å²) in [6.45, 7) is 7.70. The van der Waals surface area contributed by atoms with Crippen molar-refractivity contribution >= 4 is 9.04 Å². The van der Waals surface area contributed by atoms with Crippen LogP contribution in [0.25, 0.3) is 0 Å². The van der Waals surface area contributed by atoms with Gasteiger partial charge in [-0.25, -0.2) is 0 Å². The fourth-order valence-corrected chi connectivity index (χ4v) is 2.47. The Hall–Kier alpha value is 0.177. The molecule has 62 valence electrons. The number of unbranched alkanes of at least 4 members (excludes halogenated alkanes) is 1. The van der Waals surface area contributed by atoms with Crippen LogP contribution < -0.4 is 0 Å². The molecule has 0 saturated heterocycles. The summed E-state index contributed by atoms with van der Waals surface area (Å²) in [5.41, 5.74) is 0. The number of hydrogen-bond donors (Lipinski definition) is 0. The maximum Gasteiger partial charge on any atom is 0.176 e. The van der Waals surface area contributed by atoms with Crippen LogP contribution in [0.4, 0.5) is 0 Å². The monoisotopic (exact) mass is 160 g/mol. The topological polar surface area (TPSA) is 9.23 Å². The van der Waals surface area contributed by atoms with E-state index in [0.717, 1.165) is 6.61 Å². The minimum absolute atomic E-state index is 0.724. The summed E-state index contributed by atoms with van der Waals surface area (Å²) in [5.74, 6) is 0. The SMILES string of the molecule is CCCCO[SiH](CC)CC. The highest BCUT2D eigenvalue weighted by atomic mass is 28.3. The van der Waals surface area contributed by atoms with Crippen LogP contribution in [0.3, 0.4) is 0 Å². The third-order valence-corrected chi connectivity index (χ3v) is 4.29. The summed E-state index contributed by atoms with van der Waals surface area (Å²) in [6.07, 6.45) is 2.50. The normalized spacial score (nSPS) is 10.8. The summed E-state index contributed by atoms with van der Waals surface area (Å²) in [5, 5.41) is 0. The van der Waals surface area contributed by atoms with Gasteiger partial charge in [-0.2, -0.15) is 0 Å². The van der Waals surface area contributed by atoms with Gasteiger partial charge in [-0.1, -0.05) is 27.2 Å². The quantitative estimate of drug-likeness (QED) is 0.428. The van der Waals surface area contributed by atoms with E-state index in [0.29, 0.717) is 0 Å². The minimum Gasteiger partial charge on any atom is -0.420 e. The molecule has 0 bridgehead atoms. The zero-order valence-corrected chi connectivity index (χ0v) is 8.68. The minimum atomic E-state index is -0.724. The lowest BCUT2D eigenvalue weighted by Crippen LogP contribution is -2.15. The predicted octanol–water partition coefficient (Wildman–Crippen LogP) is 2.57. The van der Waals surface area contributed by atoms with Crippen molar-refractivity contribution in [3.05, 3.63) is 0 Å². The van der Waals surface area contributed by atoms with Gasteiger partial charge in [0.15, 0.2) is 9.04 Å². The Labute approximate surface area is 66.5 Å². The Morgan fingerprint density at radius 2 is 1.70 bits per heavy atom. The first kappa shape index (κ1) is 10.2. The lowest BCUT2D eigenvalue weighted by Gasteiger charge is -2.10. The van der Waals surface area contributed by atoms with Crippen molar-refractivity contribution in [1.29, 1.82) is 0 Å². The molecule has 0 fully saturated rings. The average molecular weight is 160 g/mol. The second-order valence-electron chi connectivity index (χ2n) is 2.66. The Morgan fingerprint density at radius 1 is 1.10 bits per heavy atom. The van der Waals surface area contributed by atoms with E-state index in [9.17, 15) is 0 Å². The zero-order valence-electron chi connectivity index (χ0n) is 7.52. The zero-order chi connectivity index (χ0) is 7.82. The molecule has 0 aliphatic rings. The van der Waals surface area contributed by atoms with Crippen molar-refractivity contribution in [2.24, 2.45) is 0 Å². The molecule has 0 radical (unpaired) electrons. The average Bonchev–Trinajstić information content (AvgIpc) is 1.99. The number of hydrogen-bond acceptors (Lipinski definition) is 1. The van der Waals surface area contributed by atoms with E-state index in [1.165, 1.54) is 24.9 Å². The molecule has 0 unspecified atom stereocenters. The van der Waals surface area contributed by atoms with E-state index in [-0.39, 0.29) is 0 Å². The van der Waals surface area contributed by atoms with Crippen LogP contribution in [0.15, 0.2) is 0 Å². The molecule has 0 aliphatic heterocycles. The first-order valence-electron chi connectivity index (χ1n) is 4.46. The van der Waals surface area contributed by atoms with Gasteiger partial charge < -0.3 is 4.43 Å². The van der Waals surface area contributed by atoms with Gasteiger partial charge in [-0.3, -0.25) is 0 Å². The highest BCUT2D eigenvalue weighted by Gasteiger charge is 2.03. The van der Waals surface area contributed by atoms with Gasteiger partial charge >= 0.3 is 0 Å². The standard InChI is InChI=1S/C8H20OSi/c1-4-7-8-9-10(5-2)6-3/h10H,4-8H2,1-3H3. The van der Waals surface area contributed by atoms with Crippen LogP contribution in [0.2, 0.25) is 12.1 Å². The molecule has 0 aromatic heterocycles. The molecule has 0 rings (SSSR count). The van der Waals surface area contributed by atoms with Gasteiger partial charge in [0.25, 0.3) is 0 Å². The molecule has 2 heteroatoms. The summed E-state index contributed by atoms with van der Waals surface area (Å²) >= 11 is 0. The predicted molar refractivity (Wildman–Crippen MR) is 49.0 cm³/mol. The van der Waals surface area contributed by atoms with Crippen LogP contribution in [0.1, 0.15) is 33.6 Å². The third-order valence-electron chi connectivity index (χ3n) is 1.76. The smallest absolute Gasteiger partial charge is 0.176 e. The largest absolute Gasteiger partial charge is 0.420 e. The molecule has 0 amide bonds. The van der Waals surface area contributed by atoms with Gasteiger partial charge in [-0.15, -0.1) is 0 Å². The molecule has 0 aromatic rings. The van der Waals surface area contributed by atoms with E-state index >= 15 is 0 Å². The van der Waals surface area contributed by atoms with Crippen molar-refractivity contribution in [2.75, 3.05) is 6.61 Å². The highest BCUT2D eigenvalue weighted by Crippen LogP contribution is 2.00. The highest BCUT2D eigenvalue weighted by molar-refractivity contribution is 6.51. The molecular formula is C8H20OSi. The number of rotatable bonds is 6. The summed E-state index contributed by atoms with van der Waals surface area (Å²) in [7, 11) is -0.724. The van der Waals surface area contributed by atoms with Gasteiger partial charge in [0.1, 0.15) is 0 Å². The molecule has 0 aromatic carbocycles. The van der Waals surface area contributed by atoms with Crippen molar-refractivity contribution in [3.8, 4) is 0 Å². The van der Waals surface area contributed by atoms with E-state index in [4.69, 9.17) is 4.43 Å². The molecule has 0 spiro atoms. The first-order chi connectivity index (χ1) is 4.85. The van der Waals surface area contributed by atoms with Gasteiger partial charge in [0, 0.05) is 6.61 Å². The van der Waals surface area contributed by atoms with Gasteiger partial charge in [0.05, 0.1) is 0 Å². The van der Waals surface area contributed by atoms with Crippen LogP contribution in [-0.4, -0.2) is 15.6 Å². The molecule has 0 heterocycles. The van der Waals surface area contributed by atoms with Crippen molar-refractivity contribution < 1.29 is 4.43 Å². The molecular weight excluding hydrogens is 140 g/mol. The lowest BCUT2D eigenvalue weighted by molar-refractivity contribution is 0.311. The third kappa shape index (κ3) is 5.00. The second-order valence-corrected chi connectivity index (χ2v) is 5.87. The Morgan fingerprint density at radius 3 is 2.10 bits per heavy atom. The molecule has 10 heavy (non-hydrogen) atoms. The maximum atomic E-state index is 5.72. The molecule has 0 aliphatic carbocycles. The van der Waals surface area contributed by atoms with Crippen LogP contribution in [0, 0.1) is 0 Å². The fraction of sp³-hybridized carbons (Fsp3) is 1.00. The first-order valence-corrected chi connectivity index (χ1v) is 6.57. The van der Waals surface area contributed by atoms with Crippen molar-refractivity contribution in [3.63, 3.8) is 0 Å². The molecule has 0 N–H and O–H groups in total. The molecule has 0 atom stereocenters. The van der Waals surface area contributed by atoms with Gasteiger partial charge in [-0.05, 0) is 18.5 Å². The Balaban J connectivity index is 3.09. The lowest BCUT2D eigenvalue weighted by atomic mass is 10.4. The van der Waals surface area contributed by atoms with Crippen LogP contribution >= 0.6 is 0 Å². The second kappa shape index (κ2) is 7.29. The molecule has 1 nitrogen and oxygen atoms in total. The maximum absolute atomic E-state index is 5.72. The van der Waals surface area contributed by atoms with Crippen molar-refractivity contribution in [2.45, 2.75) is 45.7 Å². The van der Waals surface area contributed by atoms with E-state index in [2.05, 4.69) is 20.8 Å². The Bertz CT molecular complexity index is 62.3. The Kier molecular flexibility index (Phi) is 7.41. The van der Waals surface area contributed by atoms with Gasteiger partial charge in [0.2, 0.25) is 0 Å². The van der Waals surface area contributed by atoms with Crippen LogP contribution in [0.5, 0.6) is 0 Å². The summed E-state index contributed by atoms with van der Waals surface area (Å²) in [6, 6.07) is 2.58. The molecule has 0 saturated carbocycles. The fourth-order valence-electron chi connectivity index (χ4n) is 0.919.